The molecule has 0 aromatic heterocycles. The number of allylic oxidation sites excluding steroid dienone is 1. The third-order valence-corrected chi connectivity index (χ3v) is 5.11. The first-order chi connectivity index (χ1) is 7.13. The molecule has 0 aliphatic heterocycles. The SMILES string of the molecule is BC(C=CC)(CCC(C)C(C)(C)O)[S+](C)[O-]. The van der Waals surface area contributed by atoms with E-state index in [0.29, 0.717) is 0 Å². The van der Waals surface area contributed by atoms with E-state index in [-0.39, 0.29) is 10.6 Å². The normalized spacial score (nSPS) is 20.7. The highest BCUT2D eigenvalue weighted by Crippen LogP contribution is 2.28. The predicted octanol–water partition coefficient (Wildman–Crippen LogP) is 1.46. The Morgan fingerprint density at radius 2 is 2.00 bits per heavy atom. The van der Waals surface area contributed by atoms with E-state index in [1.165, 1.54) is 0 Å². The summed E-state index contributed by atoms with van der Waals surface area (Å²) < 4.78 is 11.4. The van der Waals surface area contributed by atoms with Crippen LogP contribution in [0.5, 0.6) is 0 Å². The first-order valence-corrected chi connectivity index (χ1v) is 7.39. The molecule has 4 heteroatoms. The van der Waals surface area contributed by atoms with Crippen molar-refractivity contribution in [2.75, 3.05) is 6.26 Å². The van der Waals surface area contributed by atoms with Crippen molar-refractivity contribution in [1.82, 2.24) is 0 Å². The number of hydrogen-bond donors (Lipinski definition) is 1. The van der Waals surface area contributed by atoms with E-state index in [1.54, 1.807) is 6.26 Å². The zero-order chi connectivity index (χ0) is 13.0. The Labute approximate surface area is 104 Å². The summed E-state index contributed by atoms with van der Waals surface area (Å²) in [5.74, 6) is 0.209. The van der Waals surface area contributed by atoms with Gasteiger partial charge in [0.1, 0.15) is 4.65 Å². The molecular formula is C12H25BO2S. The second kappa shape index (κ2) is 6.13. The van der Waals surface area contributed by atoms with Gasteiger partial charge < -0.3 is 9.66 Å². The molecule has 0 radical (unpaired) electrons. The standard InChI is InChI=1S/C12H25BO2S/c1-6-8-12(13,16(5)15)9-7-10(2)11(3,4)14/h6,8,10,14H,7,9,13H2,1-5H3. The third kappa shape index (κ3) is 4.94. The molecule has 0 spiro atoms. The van der Waals surface area contributed by atoms with Crippen molar-refractivity contribution in [3.05, 3.63) is 12.2 Å². The maximum absolute atomic E-state index is 11.7. The van der Waals surface area contributed by atoms with Crippen molar-refractivity contribution in [3.8, 4) is 0 Å². The van der Waals surface area contributed by atoms with Crippen LogP contribution in [-0.2, 0) is 11.2 Å². The monoisotopic (exact) mass is 244 g/mol. The smallest absolute Gasteiger partial charge is 0.179 e. The molecule has 3 atom stereocenters. The molecule has 3 unspecified atom stereocenters. The Balaban J connectivity index is 4.46. The molecule has 0 saturated carbocycles. The van der Waals surface area contributed by atoms with Crippen LogP contribution in [0.15, 0.2) is 12.2 Å². The van der Waals surface area contributed by atoms with Crippen LogP contribution in [0.4, 0.5) is 0 Å². The first-order valence-electron chi connectivity index (χ1n) is 5.83. The van der Waals surface area contributed by atoms with Gasteiger partial charge in [0.2, 0.25) is 0 Å². The third-order valence-electron chi connectivity index (χ3n) is 3.46. The van der Waals surface area contributed by atoms with Gasteiger partial charge in [0, 0.05) is 0 Å². The van der Waals surface area contributed by atoms with E-state index in [1.807, 2.05) is 47.7 Å². The van der Waals surface area contributed by atoms with Crippen LogP contribution in [0.1, 0.15) is 40.5 Å². The average molecular weight is 244 g/mol. The van der Waals surface area contributed by atoms with E-state index in [2.05, 4.69) is 0 Å². The lowest BCUT2D eigenvalue weighted by molar-refractivity contribution is 0.0205. The minimum atomic E-state index is -0.880. The largest absolute Gasteiger partial charge is 0.616 e. The van der Waals surface area contributed by atoms with Gasteiger partial charge in [-0.15, -0.1) is 0 Å². The van der Waals surface area contributed by atoms with Gasteiger partial charge in [-0.2, -0.15) is 0 Å². The van der Waals surface area contributed by atoms with Gasteiger partial charge in [0.05, 0.1) is 11.9 Å². The molecule has 0 aromatic rings. The zero-order valence-electron chi connectivity index (χ0n) is 11.4. The van der Waals surface area contributed by atoms with E-state index < -0.39 is 16.8 Å². The van der Waals surface area contributed by atoms with Gasteiger partial charge in [0.25, 0.3) is 0 Å². The molecule has 94 valence electrons. The molecule has 0 aliphatic carbocycles. The summed E-state index contributed by atoms with van der Waals surface area (Å²) in [5, 5.41) is 9.86. The van der Waals surface area contributed by atoms with Crippen LogP contribution in [0.2, 0.25) is 0 Å². The Kier molecular flexibility index (Phi) is 6.16. The highest BCUT2D eigenvalue weighted by atomic mass is 32.2. The first kappa shape index (κ1) is 16.1. The maximum atomic E-state index is 11.7. The summed E-state index contributed by atoms with van der Waals surface area (Å²) >= 11 is -0.880. The predicted molar refractivity (Wildman–Crippen MR) is 74.9 cm³/mol. The van der Waals surface area contributed by atoms with Gasteiger partial charge in [0.15, 0.2) is 7.85 Å². The van der Waals surface area contributed by atoms with Crippen molar-refractivity contribution in [2.45, 2.75) is 50.8 Å². The number of aliphatic hydroxyl groups is 1. The van der Waals surface area contributed by atoms with E-state index in [9.17, 15) is 9.66 Å². The summed E-state index contributed by atoms with van der Waals surface area (Å²) in [4.78, 5) is 0. The van der Waals surface area contributed by atoms with Crippen LogP contribution >= 0.6 is 0 Å². The summed E-state index contributed by atoms with van der Waals surface area (Å²) in [6.07, 6.45) is 7.43. The fraction of sp³-hybridized carbons (Fsp3) is 0.833. The van der Waals surface area contributed by atoms with Gasteiger partial charge in [-0.1, -0.05) is 24.2 Å². The van der Waals surface area contributed by atoms with Gasteiger partial charge in [-0.05, 0) is 45.6 Å². The van der Waals surface area contributed by atoms with Gasteiger partial charge in [-0.3, -0.25) is 0 Å². The number of hydrogen-bond acceptors (Lipinski definition) is 2. The molecule has 0 aliphatic rings. The molecule has 0 amide bonds. The molecular weight excluding hydrogens is 219 g/mol. The topological polar surface area (TPSA) is 43.3 Å². The molecule has 0 saturated heterocycles. The molecule has 0 aromatic carbocycles. The van der Waals surface area contributed by atoms with Crippen molar-refractivity contribution in [1.29, 1.82) is 0 Å². The summed E-state index contributed by atoms with van der Waals surface area (Å²) in [7, 11) is 2.01. The molecule has 0 bridgehead atoms. The molecule has 0 rings (SSSR count). The van der Waals surface area contributed by atoms with Crippen molar-refractivity contribution in [2.24, 2.45) is 5.92 Å². The molecule has 16 heavy (non-hydrogen) atoms. The fourth-order valence-electron chi connectivity index (χ4n) is 1.53. The molecule has 1 N–H and O–H groups in total. The van der Waals surface area contributed by atoms with Crippen LogP contribution < -0.4 is 0 Å². The summed E-state index contributed by atoms with van der Waals surface area (Å²) in [6.45, 7) is 7.64. The van der Waals surface area contributed by atoms with Crippen LogP contribution in [0.25, 0.3) is 0 Å². The van der Waals surface area contributed by atoms with E-state index >= 15 is 0 Å². The maximum Gasteiger partial charge on any atom is 0.179 e. The highest BCUT2D eigenvalue weighted by molar-refractivity contribution is 7.93. The lowest BCUT2D eigenvalue weighted by Crippen LogP contribution is -2.38. The molecule has 0 heterocycles. The van der Waals surface area contributed by atoms with Crippen LogP contribution in [0.3, 0.4) is 0 Å². The van der Waals surface area contributed by atoms with Crippen LogP contribution in [0, 0.1) is 5.92 Å². The second-order valence-corrected chi connectivity index (χ2v) is 7.20. The lowest BCUT2D eigenvalue weighted by atomic mass is 9.77. The minimum absolute atomic E-state index is 0.209. The van der Waals surface area contributed by atoms with E-state index in [4.69, 9.17) is 0 Å². The lowest BCUT2D eigenvalue weighted by Gasteiger charge is -2.31. The van der Waals surface area contributed by atoms with Crippen molar-refractivity contribution in [3.63, 3.8) is 0 Å². The molecule has 2 nitrogen and oxygen atoms in total. The Hall–Kier alpha value is 0.0749. The Bertz CT molecular complexity index is 236. The fourth-order valence-corrected chi connectivity index (χ4v) is 2.26. The van der Waals surface area contributed by atoms with Crippen molar-refractivity contribution < 1.29 is 9.66 Å². The van der Waals surface area contributed by atoms with Gasteiger partial charge >= 0.3 is 0 Å². The van der Waals surface area contributed by atoms with Crippen LogP contribution in [-0.4, -0.2) is 34.0 Å². The van der Waals surface area contributed by atoms with E-state index in [0.717, 1.165) is 12.8 Å². The quantitative estimate of drug-likeness (QED) is 0.436. The Morgan fingerprint density at radius 1 is 1.50 bits per heavy atom. The minimum Gasteiger partial charge on any atom is -0.616 e. The molecule has 0 fully saturated rings. The summed E-state index contributed by atoms with van der Waals surface area (Å²) in [6, 6.07) is 0. The average Bonchev–Trinajstić information content (AvgIpc) is 2.12. The Morgan fingerprint density at radius 3 is 2.31 bits per heavy atom. The summed E-state index contributed by atoms with van der Waals surface area (Å²) in [5.41, 5.74) is -0.661. The second-order valence-electron chi connectivity index (χ2n) is 5.36. The van der Waals surface area contributed by atoms with Gasteiger partial charge in [-0.25, -0.2) is 0 Å². The number of rotatable bonds is 6. The zero-order valence-corrected chi connectivity index (χ0v) is 12.2. The highest BCUT2D eigenvalue weighted by Gasteiger charge is 2.33. The van der Waals surface area contributed by atoms with Crippen molar-refractivity contribution >= 4 is 19.0 Å².